The Morgan fingerprint density at radius 1 is 1.00 bits per heavy atom. The monoisotopic (exact) mass is 558 g/mol. The van der Waals surface area contributed by atoms with Crippen molar-refractivity contribution in [3.8, 4) is 5.75 Å². The van der Waals surface area contributed by atoms with Crippen molar-refractivity contribution in [2.45, 2.75) is 45.6 Å². The Balaban J connectivity index is 1.45. The SMILES string of the molecule is CC(C)(C)OC(=O)COCC1CCN(c2cncc(N(c3ccccc3)c3cccc(OC(F)(F)F)c3)n2)CC1. The second-order valence-electron chi connectivity index (χ2n) is 10.5. The Hall–Kier alpha value is -3.86. The number of aromatic nitrogens is 2. The van der Waals surface area contributed by atoms with Crippen LogP contribution in [0.2, 0.25) is 0 Å². The number of halogens is 3. The van der Waals surface area contributed by atoms with Crippen molar-refractivity contribution < 1.29 is 32.2 Å². The van der Waals surface area contributed by atoms with Gasteiger partial charge in [0, 0.05) is 24.8 Å². The molecule has 2 heterocycles. The number of hydrogen-bond donors (Lipinski definition) is 0. The topological polar surface area (TPSA) is 77.0 Å². The standard InChI is InChI=1S/C29H33F3N4O4/c1-28(2,3)40-27(37)20-38-19-21-12-14-35(15-13-21)25-17-33-18-26(34-25)36(22-8-5-4-6-9-22)23-10-7-11-24(16-23)39-29(30,31)32/h4-11,16-18,21H,12-15,19-20H2,1-3H3. The summed E-state index contributed by atoms with van der Waals surface area (Å²) in [7, 11) is 0. The summed E-state index contributed by atoms with van der Waals surface area (Å²) in [6, 6.07) is 15.0. The number of carbonyl (C=O) groups is 1. The molecule has 0 radical (unpaired) electrons. The third-order valence-corrected chi connectivity index (χ3v) is 6.09. The first-order valence-corrected chi connectivity index (χ1v) is 13.0. The van der Waals surface area contributed by atoms with Crippen LogP contribution >= 0.6 is 0 Å². The Bertz CT molecular complexity index is 1260. The molecule has 0 N–H and O–H groups in total. The van der Waals surface area contributed by atoms with Crippen molar-refractivity contribution in [3.05, 3.63) is 67.0 Å². The summed E-state index contributed by atoms with van der Waals surface area (Å²) < 4.78 is 53.7. The summed E-state index contributed by atoms with van der Waals surface area (Å²) in [5.41, 5.74) is 0.607. The number of benzene rings is 2. The molecule has 8 nitrogen and oxygen atoms in total. The molecule has 1 aliphatic rings. The van der Waals surface area contributed by atoms with Gasteiger partial charge in [-0.25, -0.2) is 9.78 Å². The second-order valence-corrected chi connectivity index (χ2v) is 10.5. The molecule has 0 aliphatic carbocycles. The van der Waals surface area contributed by atoms with Crippen LogP contribution in [-0.4, -0.2) is 54.2 Å². The lowest BCUT2D eigenvalue weighted by molar-refractivity contribution is -0.274. The maximum Gasteiger partial charge on any atom is 0.573 e. The summed E-state index contributed by atoms with van der Waals surface area (Å²) in [6.45, 7) is 7.29. The van der Waals surface area contributed by atoms with Crippen LogP contribution in [0.5, 0.6) is 5.75 Å². The molecule has 4 rings (SSSR count). The lowest BCUT2D eigenvalue weighted by Crippen LogP contribution is -2.36. The Kier molecular flexibility index (Phi) is 9.14. The Morgan fingerprint density at radius 2 is 1.70 bits per heavy atom. The molecule has 0 bridgehead atoms. The van der Waals surface area contributed by atoms with Crippen LogP contribution in [0.3, 0.4) is 0 Å². The van der Waals surface area contributed by atoms with E-state index in [1.54, 1.807) is 23.4 Å². The molecule has 11 heteroatoms. The zero-order chi connectivity index (χ0) is 28.8. The zero-order valence-electron chi connectivity index (χ0n) is 22.7. The average Bonchev–Trinajstić information content (AvgIpc) is 2.88. The van der Waals surface area contributed by atoms with Crippen molar-refractivity contribution in [1.29, 1.82) is 0 Å². The summed E-state index contributed by atoms with van der Waals surface area (Å²) in [5, 5.41) is 0. The molecule has 2 aromatic carbocycles. The van der Waals surface area contributed by atoms with Crippen molar-refractivity contribution >= 4 is 29.0 Å². The van der Waals surface area contributed by atoms with Crippen LogP contribution < -0.4 is 14.5 Å². The van der Waals surface area contributed by atoms with Crippen molar-refractivity contribution in [3.63, 3.8) is 0 Å². The van der Waals surface area contributed by atoms with Crippen LogP contribution in [0.4, 0.5) is 36.2 Å². The van der Waals surface area contributed by atoms with Gasteiger partial charge in [0.25, 0.3) is 0 Å². The predicted octanol–water partition coefficient (Wildman–Crippen LogP) is 6.42. The highest BCUT2D eigenvalue weighted by Gasteiger charge is 2.31. The van der Waals surface area contributed by atoms with Crippen LogP contribution in [0, 0.1) is 5.92 Å². The highest BCUT2D eigenvalue weighted by molar-refractivity contribution is 5.75. The highest BCUT2D eigenvalue weighted by Crippen LogP contribution is 2.36. The van der Waals surface area contributed by atoms with Gasteiger partial charge in [-0.15, -0.1) is 13.2 Å². The molecule has 0 unspecified atom stereocenters. The van der Waals surface area contributed by atoms with Gasteiger partial charge in [-0.2, -0.15) is 0 Å². The van der Waals surface area contributed by atoms with E-state index < -0.39 is 12.0 Å². The number of carbonyl (C=O) groups excluding carboxylic acids is 1. The minimum Gasteiger partial charge on any atom is -0.458 e. The van der Waals surface area contributed by atoms with Crippen LogP contribution in [0.1, 0.15) is 33.6 Å². The van der Waals surface area contributed by atoms with Gasteiger partial charge < -0.3 is 19.1 Å². The molecule has 0 spiro atoms. The summed E-state index contributed by atoms with van der Waals surface area (Å²) >= 11 is 0. The fraction of sp³-hybridized carbons (Fsp3) is 0.414. The fourth-order valence-electron chi connectivity index (χ4n) is 4.42. The molecule has 3 aromatic rings. The van der Waals surface area contributed by atoms with E-state index in [-0.39, 0.29) is 18.3 Å². The van der Waals surface area contributed by atoms with Crippen LogP contribution in [-0.2, 0) is 14.3 Å². The lowest BCUT2D eigenvalue weighted by atomic mass is 9.98. The maximum atomic E-state index is 12.9. The van der Waals surface area contributed by atoms with E-state index in [0.29, 0.717) is 35.5 Å². The fourth-order valence-corrected chi connectivity index (χ4v) is 4.42. The molecule has 0 amide bonds. The first-order valence-electron chi connectivity index (χ1n) is 13.0. The number of nitrogens with zero attached hydrogens (tertiary/aromatic N) is 4. The number of para-hydroxylation sites is 1. The predicted molar refractivity (Wildman–Crippen MR) is 145 cm³/mol. The molecule has 0 atom stereocenters. The van der Waals surface area contributed by atoms with Gasteiger partial charge in [0.1, 0.15) is 23.8 Å². The zero-order valence-corrected chi connectivity index (χ0v) is 22.7. The largest absolute Gasteiger partial charge is 0.573 e. The normalized spacial score (nSPS) is 14.6. The molecule has 1 fully saturated rings. The van der Waals surface area contributed by atoms with E-state index in [2.05, 4.69) is 14.6 Å². The van der Waals surface area contributed by atoms with Crippen molar-refractivity contribution in [2.75, 3.05) is 36.1 Å². The number of anilines is 4. The summed E-state index contributed by atoms with van der Waals surface area (Å²) in [6.07, 6.45) is 0.141. The van der Waals surface area contributed by atoms with Gasteiger partial charge in [-0.05, 0) is 63.8 Å². The van der Waals surface area contributed by atoms with Crippen LogP contribution in [0.15, 0.2) is 67.0 Å². The van der Waals surface area contributed by atoms with Crippen LogP contribution in [0.25, 0.3) is 0 Å². The molecule has 0 saturated carbocycles. The van der Waals surface area contributed by atoms with Gasteiger partial charge >= 0.3 is 12.3 Å². The molecular formula is C29H33F3N4O4. The number of piperidine rings is 1. The minimum absolute atomic E-state index is 0.0739. The molecular weight excluding hydrogens is 525 g/mol. The Morgan fingerprint density at radius 3 is 2.38 bits per heavy atom. The van der Waals surface area contributed by atoms with E-state index >= 15 is 0 Å². The molecule has 1 aromatic heterocycles. The van der Waals surface area contributed by atoms with Crippen molar-refractivity contribution in [2.24, 2.45) is 5.92 Å². The van der Waals surface area contributed by atoms with Gasteiger partial charge in [0.15, 0.2) is 5.82 Å². The summed E-state index contributed by atoms with van der Waals surface area (Å²) in [4.78, 5) is 25.0. The minimum atomic E-state index is -4.80. The number of esters is 1. The lowest BCUT2D eigenvalue weighted by Gasteiger charge is -2.33. The van der Waals surface area contributed by atoms with E-state index in [1.807, 2.05) is 51.1 Å². The molecule has 40 heavy (non-hydrogen) atoms. The number of ether oxygens (including phenoxy) is 3. The molecule has 1 saturated heterocycles. The third-order valence-electron chi connectivity index (χ3n) is 6.09. The van der Waals surface area contributed by atoms with Crippen molar-refractivity contribution in [1.82, 2.24) is 9.97 Å². The van der Waals surface area contributed by atoms with E-state index in [9.17, 15) is 18.0 Å². The third kappa shape index (κ3) is 8.57. The van der Waals surface area contributed by atoms with Gasteiger partial charge in [0.05, 0.1) is 24.7 Å². The number of hydrogen-bond acceptors (Lipinski definition) is 8. The first-order chi connectivity index (χ1) is 19.0. The maximum absolute atomic E-state index is 12.9. The van der Waals surface area contributed by atoms with E-state index in [4.69, 9.17) is 14.5 Å². The smallest absolute Gasteiger partial charge is 0.458 e. The number of rotatable bonds is 9. The highest BCUT2D eigenvalue weighted by atomic mass is 19.4. The summed E-state index contributed by atoms with van der Waals surface area (Å²) in [5.74, 6) is 0.707. The molecule has 214 valence electrons. The van der Waals surface area contributed by atoms with Gasteiger partial charge in [0.2, 0.25) is 0 Å². The van der Waals surface area contributed by atoms with Gasteiger partial charge in [-0.3, -0.25) is 9.88 Å². The van der Waals surface area contributed by atoms with E-state index in [1.165, 1.54) is 18.2 Å². The van der Waals surface area contributed by atoms with E-state index in [0.717, 1.165) is 25.9 Å². The number of alkyl halides is 3. The molecule has 1 aliphatic heterocycles. The first kappa shape index (κ1) is 29.1. The Labute approximate surface area is 231 Å². The van der Waals surface area contributed by atoms with Gasteiger partial charge in [-0.1, -0.05) is 24.3 Å². The average molecular weight is 559 g/mol. The quantitative estimate of drug-likeness (QED) is 0.279. The second kappa shape index (κ2) is 12.5.